The fraction of sp³-hybridized carbons (Fsp3) is 0.250. The normalized spacial score (nSPS) is 10.5. The highest BCUT2D eigenvalue weighted by atomic mass is 16.4. The summed E-state index contributed by atoms with van der Waals surface area (Å²) in [6.45, 7) is 4.19. The van der Waals surface area contributed by atoms with Gasteiger partial charge in [0.1, 0.15) is 6.54 Å². The van der Waals surface area contributed by atoms with E-state index in [4.69, 9.17) is 5.11 Å². The molecule has 0 unspecified atom stereocenters. The van der Waals surface area contributed by atoms with Crippen molar-refractivity contribution in [2.45, 2.75) is 13.0 Å². The summed E-state index contributed by atoms with van der Waals surface area (Å²) in [5.74, 6) is -0.881. The number of aryl methyl sites for hydroxylation is 1. The van der Waals surface area contributed by atoms with E-state index in [0.29, 0.717) is 6.54 Å². The summed E-state index contributed by atoms with van der Waals surface area (Å²) in [5.41, 5.74) is 1.60. The summed E-state index contributed by atoms with van der Waals surface area (Å²) in [4.78, 5) is 24.4. The van der Waals surface area contributed by atoms with Gasteiger partial charge in [0, 0.05) is 30.7 Å². The number of aromatic nitrogens is 1. The molecule has 0 saturated heterocycles. The first kappa shape index (κ1) is 14.8. The lowest BCUT2D eigenvalue weighted by molar-refractivity contribution is -0.135. The van der Waals surface area contributed by atoms with Gasteiger partial charge in [0.15, 0.2) is 0 Å². The molecule has 2 aromatic rings. The van der Waals surface area contributed by atoms with Crippen LogP contribution in [0.15, 0.2) is 47.8 Å². The number of carboxylic acids is 1. The molecule has 5 nitrogen and oxygen atoms in total. The zero-order valence-electron chi connectivity index (χ0n) is 12.0. The van der Waals surface area contributed by atoms with Crippen molar-refractivity contribution in [3.63, 3.8) is 0 Å². The summed E-state index contributed by atoms with van der Waals surface area (Å²) in [5, 5.41) is 9.75. The third kappa shape index (κ3) is 3.31. The number of carbonyl (C=O) groups is 1. The number of hydrogen-bond acceptors (Lipinski definition) is 3. The molecule has 5 heteroatoms. The molecule has 0 saturated carbocycles. The van der Waals surface area contributed by atoms with Crippen molar-refractivity contribution in [3.8, 4) is 0 Å². The molecule has 0 radical (unpaired) electrons. The van der Waals surface area contributed by atoms with Gasteiger partial charge in [-0.3, -0.25) is 9.59 Å². The molecule has 1 heterocycles. The average molecular weight is 286 g/mol. The minimum atomic E-state index is -0.881. The molecule has 0 fully saturated rings. The van der Waals surface area contributed by atoms with Crippen LogP contribution in [-0.4, -0.2) is 29.2 Å². The Bertz CT molecular complexity index is 734. The number of rotatable bonds is 6. The van der Waals surface area contributed by atoms with E-state index < -0.39 is 5.97 Å². The van der Waals surface area contributed by atoms with Gasteiger partial charge in [-0.05, 0) is 30.7 Å². The Balaban J connectivity index is 2.45. The molecule has 0 aliphatic rings. The van der Waals surface area contributed by atoms with Gasteiger partial charge in [-0.15, -0.1) is 6.58 Å². The van der Waals surface area contributed by atoms with Crippen LogP contribution in [0.1, 0.15) is 6.42 Å². The fourth-order valence-electron chi connectivity index (χ4n) is 2.27. The van der Waals surface area contributed by atoms with E-state index in [1.54, 1.807) is 28.7 Å². The Kier molecular flexibility index (Phi) is 4.42. The van der Waals surface area contributed by atoms with Crippen LogP contribution in [0.3, 0.4) is 0 Å². The predicted molar refractivity (Wildman–Crippen MR) is 83.9 cm³/mol. The van der Waals surface area contributed by atoms with Crippen molar-refractivity contribution < 1.29 is 9.90 Å². The highest BCUT2D eigenvalue weighted by Crippen LogP contribution is 2.20. The van der Waals surface area contributed by atoms with Crippen LogP contribution < -0.4 is 10.5 Å². The quantitative estimate of drug-likeness (QED) is 0.826. The molecule has 1 aromatic heterocycles. The van der Waals surface area contributed by atoms with Crippen molar-refractivity contribution in [3.05, 3.63) is 53.3 Å². The fourth-order valence-corrected chi connectivity index (χ4v) is 2.27. The Labute approximate surface area is 122 Å². The number of carboxylic acid groups (broad SMARTS) is 1. The summed E-state index contributed by atoms with van der Waals surface area (Å²) in [7, 11) is 1.73. The smallest absolute Gasteiger partial charge is 0.323 e. The molecule has 21 heavy (non-hydrogen) atoms. The van der Waals surface area contributed by atoms with Gasteiger partial charge < -0.3 is 14.6 Å². The lowest BCUT2D eigenvalue weighted by atomic mass is 10.1. The monoisotopic (exact) mass is 286 g/mol. The number of fused-ring (bicyclic) bond motifs is 1. The second-order valence-electron chi connectivity index (χ2n) is 4.89. The molecule has 110 valence electrons. The molecule has 0 amide bonds. The first-order chi connectivity index (χ1) is 10.0. The highest BCUT2D eigenvalue weighted by Gasteiger charge is 2.08. The molecule has 0 bridgehead atoms. The standard InChI is InChI=1S/C16H18N2O3/c1-3-4-9-18-14-7-6-13(17(2)11-16(20)21)10-12(14)5-8-15(18)19/h3,5-8,10H,1,4,9,11H2,2H3,(H,20,21). The SMILES string of the molecule is C=CCCn1c(=O)ccc2cc(N(C)CC(=O)O)ccc21. The first-order valence-corrected chi connectivity index (χ1v) is 6.70. The topological polar surface area (TPSA) is 62.5 Å². The van der Waals surface area contributed by atoms with Gasteiger partial charge in [0.2, 0.25) is 0 Å². The maximum Gasteiger partial charge on any atom is 0.323 e. The van der Waals surface area contributed by atoms with E-state index in [0.717, 1.165) is 23.0 Å². The van der Waals surface area contributed by atoms with E-state index in [-0.39, 0.29) is 12.1 Å². The van der Waals surface area contributed by atoms with E-state index >= 15 is 0 Å². The number of anilines is 1. The van der Waals surface area contributed by atoms with Crippen LogP contribution in [0.5, 0.6) is 0 Å². The minimum absolute atomic E-state index is 0.0454. The van der Waals surface area contributed by atoms with Crippen molar-refractivity contribution in [2.75, 3.05) is 18.5 Å². The third-order valence-corrected chi connectivity index (χ3v) is 3.34. The van der Waals surface area contributed by atoms with Gasteiger partial charge in [0.05, 0.1) is 5.52 Å². The van der Waals surface area contributed by atoms with E-state index in [9.17, 15) is 9.59 Å². The second-order valence-corrected chi connectivity index (χ2v) is 4.89. The lowest BCUT2D eigenvalue weighted by Crippen LogP contribution is -2.25. The molecule has 2 rings (SSSR count). The molecule has 0 aliphatic heterocycles. The Morgan fingerprint density at radius 3 is 2.81 bits per heavy atom. The Morgan fingerprint density at radius 1 is 1.38 bits per heavy atom. The van der Waals surface area contributed by atoms with Crippen molar-refractivity contribution in [1.82, 2.24) is 4.57 Å². The summed E-state index contributed by atoms with van der Waals surface area (Å²) >= 11 is 0. The van der Waals surface area contributed by atoms with Crippen molar-refractivity contribution >= 4 is 22.6 Å². The van der Waals surface area contributed by atoms with Crippen LogP contribution in [0.4, 0.5) is 5.69 Å². The number of aliphatic carboxylic acids is 1. The number of allylic oxidation sites excluding steroid dienone is 1. The molecule has 0 aliphatic carbocycles. The van der Waals surface area contributed by atoms with Crippen molar-refractivity contribution in [2.24, 2.45) is 0 Å². The van der Waals surface area contributed by atoms with Gasteiger partial charge in [-0.25, -0.2) is 0 Å². The van der Waals surface area contributed by atoms with Crippen LogP contribution >= 0.6 is 0 Å². The number of likely N-dealkylation sites (N-methyl/N-ethyl adjacent to an activating group) is 1. The summed E-state index contributed by atoms with van der Waals surface area (Å²) < 4.78 is 1.71. The second kappa shape index (κ2) is 6.26. The third-order valence-electron chi connectivity index (χ3n) is 3.34. The average Bonchev–Trinajstić information content (AvgIpc) is 2.45. The van der Waals surface area contributed by atoms with Crippen LogP contribution in [-0.2, 0) is 11.3 Å². The first-order valence-electron chi connectivity index (χ1n) is 6.70. The summed E-state index contributed by atoms with van der Waals surface area (Å²) in [6.07, 6.45) is 2.50. The largest absolute Gasteiger partial charge is 0.480 e. The predicted octanol–water partition coefficient (Wildman–Crippen LogP) is 2.10. The minimum Gasteiger partial charge on any atom is -0.480 e. The van der Waals surface area contributed by atoms with Gasteiger partial charge in [-0.2, -0.15) is 0 Å². The van der Waals surface area contributed by atoms with Crippen LogP contribution in [0, 0.1) is 0 Å². The molecule has 1 aromatic carbocycles. The zero-order valence-corrected chi connectivity index (χ0v) is 12.0. The number of benzene rings is 1. The number of hydrogen-bond donors (Lipinski definition) is 1. The van der Waals surface area contributed by atoms with Gasteiger partial charge in [0.25, 0.3) is 5.56 Å². The number of nitrogens with zero attached hydrogens (tertiary/aromatic N) is 2. The van der Waals surface area contributed by atoms with E-state index in [2.05, 4.69) is 6.58 Å². The Morgan fingerprint density at radius 2 is 2.14 bits per heavy atom. The maximum atomic E-state index is 11.9. The van der Waals surface area contributed by atoms with Crippen molar-refractivity contribution in [1.29, 1.82) is 0 Å². The van der Waals surface area contributed by atoms with E-state index in [1.165, 1.54) is 6.07 Å². The molecule has 0 spiro atoms. The van der Waals surface area contributed by atoms with Crippen LogP contribution in [0.25, 0.3) is 10.9 Å². The zero-order chi connectivity index (χ0) is 15.4. The molecular weight excluding hydrogens is 268 g/mol. The van der Waals surface area contributed by atoms with Crippen LogP contribution in [0.2, 0.25) is 0 Å². The highest BCUT2D eigenvalue weighted by molar-refractivity contribution is 5.84. The van der Waals surface area contributed by atoms with E-state index in [1.807, 2.05) is 18.2 Å². The molecule has 0 atom stereocenters. The van der Waals surface area contributed by atoms with Gasteiger partial charge >= 0.3 is 5.97 Å². The number of pyridine rings is 1. The molecular formula is C16H18N2O3. The summed E-state index contributed by atoms with van der Waals surface area (Å²) in [6, 6.07) is 8.87. The van der Waals surface area contributed by atoms with Gasteiger partial charge in [-0.1, -0.05) is 6.08 Å². The Hall–Kier alpha value is -2.56. The maximum absolute atomic E-state index is 11.9. The molecule has 1 N–H and O–H groups in total. The lowest BCUT2D eigenvalue weighted by Gasteiger charge is -2.18.